The van der Waals surface area contributed by atoms with Crippen LogP contribution in [0.5, 0.6) is 5.75 Å². The molecule has 1 aliphatic heterocycles. The second-order valence-electron chi connectivity index (χ2n) is 6.87. The van der Waals surface area contributed by atoms with Gasteiger partial charge in [-0.1, -0.05) is 0 Å². The van der Waals surface area contributed by atoms with Gasteiger partial charge in [0.2, 0.25) is 5.95 Å². The van der Waals surface area contributed by atoms with E-state index in [-0.39, 0.29) is 0 Å². The van der Waals surface area contributed by atoms with Crippen molar-refractivity contribution in [3.8, 4) is 17.1 Å². The Morgan fingerprint density at radius 3 is 2.34 bits per heavy atom. The Hall–Kier alpha value is -2.78. The van der Waals surface area contributed by atoms with E-state index in [2.05, 4.69) is 31.3 Å². The average molecular weight is 412 g/mol. The first kappa shape index (κ1) is 19.5. The molecule has 1 saturated heterocycles. The highest BCUT2D eigenvalue weighted by molar-refractivity contribution is 7.71. The largest absolute Gasteiger partial charge is 0.497 e. The quantitative estimate of drug-likeness (QED) is 0.578. The van der Waals surface area contributed by atoms with Gasteiger partial charge in [0.05, 0.1) is 13.8 Å². The Kier molecular flexibility index (Phi) is 5.86. The van der Waals surface area contributed by atoms with E-state index in [0.717, 1.165) is 60.6 Å². The first-order chi connectivity index (χ1) is 14.2. The Morgan fingerprint density at radius 1 is 1.03 bits per heavy atom. The highest BCUT2D eigenvalue weighted by Crippen LogP contribution is 2.22. The monoisotopic (exact) mass is 411 g/mol. The zero-order valence-corrected chi connectivity index (χ0v) is 17.5. The summed E-state index contributed by atoms with van der Waals surface area (Å²) in [6.45, 7) is 7.15. The first-order valence-electron chi connectivity index (χ1n) is 9.76. The summed E-state index contributed by atoms with van der Waals surface area (Å²) in [6.07, 6.45) is 3.57. The maximum absolute atomic E-state index is 5.71. The Bertz CT molecular complexity index is 992. The maximum atomic E-state index is 5.71. The summed E-state index contributed by atoms with van der Waals surface area (Å²) in [7, 11) is 1.67. The first-order valence-corrected chi connectivity index (χ1v) is 10.2. The van der Waals surface area contributed by atoms with Crippen molar-refractivity contribution in [1.29, 1.82) is 0 Å². The lowest BCUT2D eigenvalue weighted by molar-refractivity contribution is 0.193. The van der Waals surface area contributed by atoms with E-state index >= 15 is 0 Å². The number of aromatic nitrogens is 5. The van der Waals surface area contributed by atoms with E-state index in [1.165, 1.54) is 0 Å². The molecule has 0 unspecified atom stereocenters. The third-order valence-electron chi connectivity index (χ3n) is 5.13. The lowest BCUT2D eigenvalue weighted by atomic mass is 10.2. The van der Waals surface area contributed by atoms with Crippen LogP contribution in [-0.2, 0) is 13.2 Å². The van der Waals surface area contributed by atoms with Gasteiger partial charge < -0.3 is 14.2 Å². The average Bonchev–Trinajstić information content (AvgIpc) is 3.10. The summed E-state index contributed by atoms with van der Waals surface area (Å²) in [5.41, 5.74) is 1.03. The number of benzene rings is 1. The normalized spacial score (nSPS) is 14.9. The summed E-state index contributed by atoms with van der Waals surface area (Å²) in [6, 6.07) is 9.77. The molecular formula is C20H25N7OS. The molecule has 0 aliphatic carbocycles. The van der Waals surface area contributed by atoms with Gasteiger partial charge in [0, 0.05) is 50.7 Å². The zero-order chi connectivity index (χ0) is 20.2. The molecule has 0 bridgehead atoms. The molecule has 1 fully saturated rings. The van der Waals surface area contributed by atoms with Crippen LogP contribution >= 0.6 is 12.2 Å². The fourth-order valence-corrected chi connectivity index (χ4v) is 3.82. The summed E-state index contributed by atoms with van der Waals surface area (Å²) in [4.78, 5) is 13.3. The standard InChI is InChI=1S/C20H25N7OS/c1-3-26-18(16-5-7-17(28-2)8-6-16)23-27(20(26)29)15-24-11-13-25(14-12-24)19-21-9-4-10-22-19/h4-10H,3,11-15H2,1-2H3. The van der Waals surface area contributed by atoms with Gasteiger partial charge in [-0.15, -0.1) is 0 Å². The number of nitrogens with zero attached hydrogens (tertiary/aromatic N) is 7. The third-order valence-corrected chi connectivity index (χ3v) is 5.56. The molecule has 152 valence electrons. The number of methoxy groups -OCH3 is 1. The van der Waals surface area contributed by atoms with Crippen molar-refractivity contribution in [2.24, 2.45) is 0 Å². The van der Waals surface area contributed by atoms with Crippen molar-refractivity contribution in [2.45, 2.75) is 20.1 Å². The summed E-state index contributed by atoms with van der Waals surface area (Å²) < 4.78 is 10.0. The molecule has 3 aromatic rings. The molecule has 1 aliphatic rings. The van der Waals surface area contributed by atoms with E-state index in [0.29, 0.717) is 6.67 Å². The molecule has 9 heteroatoms. The molecule has 8 nitrogen and oxygen atoms in total. The van der Waals surface area contributed by atoms with Gasteiger partial charge in [-0.25, -0.2) is 14.6 Å². The van der Waals surface area contributed by atoms with Crippen LogP contribution in [0.4, 0.5) is 5.95 Å². The topological polar surface area (TPSA) is 64.2 Å². The van der Waals surface area contributed by atoms with Crippen LogP contribution in [0.15, 0.2) is 42.7 Å². The van der Waals surface area contributed by atoms with E-state index in [1.807, 2.05) is 35.0 Å². The predicted octanol–water partition coefficient (Wildman–Crippen LogP) is 2.68. The van der Waals surface area contributed by atoms with Gasteiger partial charge in [-0.05, 0) is 49.5 Å². The number of hydrogen-bond donors (Lipinski definition) is 0. The Labute approximate surface area is 175 Å². The number of piperazine rings is 1. The Morgan fingerprint density at radius 2 is 1.72 bits per heavy atom. The van der Waals surface area contributed by atoms with E-state index < -0.39 is 0 Å². The summed E-state index contributed by atoms with van der Waals surface area (Å²) in [5, 5.41) is 4.83. The van der Waals surface area contributed by atoms with Gasteiger partial charge in [0.25, 0.3) is 0 Å². The van der Waals surface area contributed by atoms with E-state index in [4.69, 9.17) is 22.1 Å². The maximum Gasteiger partial charge on any atom is 0.225 e. The van der Waals surface area contributed by atoms with Gasteiger partial charge in [-0.3, -0.25) is 4.90 Å². The van der Waals surface area contributed by atoms with Crippen molar-refractivity contribution in [1.82, 2.24) is 29.2 Å². The van der Waals surface area contributed by atoms with Crippen LogP contribution < -0.4 is 9.64 Å². The smallest absolute Gasteiger partial charge is 0.225 e. The minimum absolute atomic E-state index is 0.679. The van der Waals surface area contributed by atoms with Crippen LogP contribution in [0.2, 0.25) is 0 Å². The predicted molar refractivity (Wildman–Crippen MR) is 115 cm³/mol. The van der Waals surface area contributed by atoms with Crippen LogP contribution in [0.1, 0.15) is 6.92 Å². The molecule has 4 rings (SSSR count). The molecule has 0 radical (unpaired) electrons. The van der Waals surface area contributed by atoms with Crippen LogP contribution in [0.25, 0.3) is 11.4 Å². The van der Waals surface area contributed by atoms with Gasteiger partial charge in [0.1, 0.15) is 5.75 Å². The van der Waals surface area contributed by atoms with Crippen LogP contribution in [-0.4, -0.2) is 62.5 Å². The van der Waals surface area contributed by atoms with Crippen LogP contribution in [0.3, 0.4) is 0 Å². The molecule has 0 spiro atoms. The SMILES string of the molecule is CCn1c(-c2ccc(OC)cc2)nn(CN2CCN(c3ncccn3)CC2)c1=S. The molecule has 3 heterocycles. The summed E-state index contributed by atoms with van der Waals surface area (Å²) in [5.74, 6) is 2.51. The second kappa shape index (κ2) is 8.71. The molecule has 0 N–H and O–H groups in total. The van der Waals surface area contributed by atoms with Gasteiger partial charge in [-0.2, -0.15) is 5.10 Å². The van der Waals surface area contributed by atoms with Gasteiger partial charge in [0.15, 0.2) is 10.6 Å². The minimum Gasteiger partial charge on any atom is -0.497 e. The van der Waals surface area contributed by atoms with Crippen molar-refractivity contribution >= 4 is 18.2 Å². The number of rotatable bonds is 6. The number of anilines is 1. The van der Waals surface area contributed by atoms with Crippen molar-refractivity contribution < 1.29 is 4.74 Å². The fourth-order valence-electron chi connectivity index (χ4n) is 3.51. The minimum atomic E-state index is 0.679. The molecule has 0 atom stereocenters. The fraction of sp³-hybridized carbons (Fsp3) is 0.400. The molecule has 29 heavy (non-hydrogen) atoms. The molecule has 2 aromatic heterocycles. The molecule has 0 amide bonds. The van der Waals surface area contributed by atoms with Crippen molar-refractivity contribution in [3.63, 3.8) is 0 Å². The van der Waals surface area contributed by atoms with E-state index in [9.17, 15) is 0 Å². The zero-order valence-electron chi connectivity index (χ0n) is 16.7. The van der Waals surface area contributed by atoms with Crippen molar-refractivity contribution in [2.75, 3.05) is 38.2 Å². The number of ether oxygens (including phenoxy) is 1. The van der Waals surface area contributed by atoms with E-state index in [1.54, 1.807) is 19.5 Å². The molecular weight excluding hydrogens is 386 g/mol. The molecule has 0 saturated carbocycles. The highest BCUT2D eigenvalue weighted by atomic mass is 32.1. The lowest BCUT2D eigenvalue weighted by Gasteiger charge is -2.34. The lowest BCUT2D eigenvalue weighted by Crippen LogP contribution is -2.47. The number of hydrogen-bond acceptors (Lipinski definition) is 7. The summed E-state index contributed by atoms with van der Waals surface area (Å²) >= 11 is 5.71. The van der Waals surface area contributed by atoms with Crippen molar-refractivity contribution in [3.05, 3.63) is 47.5 Å². The highest BCUT2D eigenvalue weighted by Gasteiger charge is 2.20. The van der Waals surface area contributed by atoms with Gasteiger partial charge >= 0.3 is 0 Å². The second-order valence-corrected chi connectivity index (χ2v) is 7.24. The molecule has 1 aromatic carbocycles. The Balaban J connectivity index is 1.48. The van der Waals surface area contributed by atoms with Crippen LogP contribution in [0, 0.1) is 4.77 Å². The third kappa shape index (κ3) is 4.15.